The molecule has 5 nitrogen and oxygen atoms in total. The first kappa shape index (κ1) is 44.1. The van der Waals surface area contributed by atoms with E-state index in [2.05, 4.69) is 164 Å². The molecule has 0 aliphatic carbocycles. The van der Waals surface area contributed by atoms with E-state index in [9.17, 15) is 0 Å². The van der Waals surface area contributed by atoms with Crippen LogP contribution in [-0.2, 0) is 33.1 Å². The highest BCUT2D eigenvalue weighted by Gasteiger charge is 2.21. The molecule has 292 valence electrons. The third kappa shape index (κ3) is 17.2. The standard InChI is InChI=1S/C20H31NO.C19H29N.C8H17NO/c1-16-14-21(15-17(2)22-16)13-7-6-8-18-9-11-19(12-10-18)20(3,4)5;1-19(2,3)18-12-10-17(11-13-18)9-5-8-16-20-14-6-4-7-15-20;1-4-9-5-7(2)10-8(3)6-9/h6-7,9-12,16-17H,8,13-15H2,1-5H3;5,8,10-13H,4,6-7,9,14-16H2,1-3H3;7-8H,4-6H2,1-3H3/b7-6+;8-5+;. The summed E-state index contributed by atoms with van der Waals surface area (Å²) in [6.07, 6.45) is 17.0. The van der Waals surface area contributed by atoms with Crippen molar-refractivity contribution in [2.24, 2.45) is 0 Å². The van der Waals surface area contributed by atoms with Crippen molar-refractivity contribution in [1.29, 1.82) is 0 Å². The zero-order valence-electron chi connectivity index (χ0n) is 35.3. The van der Waals surface area contributed by atoms with Gasteiger partial charge in [0.15, 0.2) is 0 Å². The first-order chi connectivity index (χ1) is 24.6. The highest BCUT2D eigenvalue weighted by molar-refractivity contribution is 5.29. The van der Waals surface area contributed by atoms with Gasteiger partial charge in [0.2, 0.25) is 0 Å². The number of likely N-dealkylation sites (tertiary alicyclic amines) is 1. The maximum Gasteiger partial charge on any atom is 0.0678 e. The van der Waals surface area contributed by atoms with Gasteiger partial charge in [-0.2, -0.15) is 0 Å². The molecule has 0 aromatic heterocycles. The van der Waals surface area contributed by atoms with Gasteiger partial charge >= 0.3 is 0 Å². The third-order valence-electron chi connectivity index (χ3n) is 10.3. The Labute approximate surface area is 320 Å². The number of piperidine rings is 1. The predicted molar refractivity (Wildman–Crippen MR) is 225 cm³/mol. The van der Waals surface area contributed by atoms with Crippen molar-refractivity contribution < 1.29 is 9.47 Å². The van der Waals surface area contributed by atoms with E-state index >= 15 is 0 Å². The molecule has 0 radical (unpaired) electrons. The number of hydrogen-bond donors (Lipinski definition) is 0. The second-order valence-electron chi connectivity index (χ2n) is 17.7. The molecule has 0 spiro atoms. The normalized spacial score (nSPS) is 24.0. The molecule has 52 heavy (non-hydrogen) atoms. The van der Waals surface area contributed by atoms with Crippen LogP contribution in [-0.4, -0.2) is 98.0 Å². The first-order valence-electron chi connectivity index (χ1n) is 20.6. The lowest BCUT2D eigenvalue weighted by Gasteiger charge is -2.34. The summed E-state index contributed by atoms with van der Waals surface area (Å²) < 4.78 is 11.3. The summed E-state index contributed by atoms with van der Waals surface area (Å²) in [4.78, 5) is 7.46. The molecule has 0 saturated carbocycles. The Kier molecular flexibility index (Phi) is 18.8. The van der Waals surface area contributed by atoms with Gasteiger partial charge in [0.05, 0.1) is 24.4 Å². The zero-order chi connectivity index (χ0) is 38.1. The fraction of sp³-hybridized carbons (Fsp3) is 0.660. The molecule has 3 heterocycles. The molecule has 0 amide bonds. The fourth-order valence-corrected chi connectivity index (χ4v) is 7.29. The maximum atomic E-state index is 5.76. The topological polar surface area (TPSA) is 28.2 Å². The predicted octanol–water partition coefficient (Wildman–Crippen LogP) is 9.88. The van der Waals surface area contributed by atoms with Crippen LogP contribution in [0.3, 0.4) is 0 Å². The van der Waals surface area contributed by atoms with Gasteiger partial charge in [-0.3, -0.25) is 14.7 Å². The van der Waals surface area contributed by atoms with Gasteiger partial charge in [-0.15, -0.1) is 0 Å². The lowest BCUT2D eigenvalue weighted by atomic mass is 9.86. The van der Waals surface area contributed by atoms with Crippen molar-refractivity contribution in [2.75, 3.05) is 58.9 Å². The molecule has 4 atom stereocenters. The van der Waals surface area contributed by atoms with Crippen molar-refractivity contribution in [3.8, 4) is 0 Å². The van der Waals surface area contributed by atoms with Crippen LogP contribution in [0.15, 0.2) is 72.8 Å². The molecule has 2 aromatic carbocycles. The number of nitrogens with zero attached hydrogens (tertiary/aromatic N) is 3. The van der Waals surface area contributed by atoms with E-state index in [0.29, 0.717) is 24.4 Å². The van der Waals surface area contributed by atoms with E-state index in [0.717, 1.165) is 58.7 Å². The fourth-order valence-electron chi connectivity index (χ4n) is 7.29. The lowest BCUT2D eigenvalue weighted by molar-refractivity contribution is -0.0664. The number of ether oxygens (including phenoxy) is 2. The Hall–Kier alpha value is -2.28. The third-order valence-corrected chi connectivity index (χ3v) is 10.3. The van der Waals surface area contributed by atoms with Gasteiger partial charge < -0.3 is 9.47 Å². The summed E-state index contributed by atoms with van der Waals surface area (Å²) in [6, 6.07) is 18.1. The van der Waals surface area contributed by atoms with Crippen molar-refractivity contribution in [3.05, 3.63) is 95.1 Å². The SMILES string of the molecule is CC(C)(C)c1ccc(C/C=C/CN2CCCCC2)cc1.CC1CN(C/C=C/Cc2ccc(C(C)(C)C)cc2)CC(C)O1.CCN1CC(C)OC(C)C1. The van der Waals surface area contributed by atoms with Gasteiger partial charge in [0.25, 0.3) is 0 Å². The summed E-state index contributed by atoms with van der Waals surface area (Å²) in [5, 5.41) is 0. The van der Waals surface area contributed by atoms with Crippen molar-refractivity contribution >= 4 is 0 Å². The minimum atomic E-state index is 0.234. The van der Waals surface area contributed by atoms with Crippen LogP contribution < -0.4 is 0 Å². The van der Waals surface area contributed by atoms with E-state index < -0.39 is 0 Å². The molecule has 3 aliphatic rings. The highest BCUT2D eigenvalue weighted by atomic mass is 16.5. The van der Waals surface area contributed by atoms with Gasteiger partial charge in [-0.1, -0.05) is 128 Å². The number of morpholine rings is 2. The molecule has 3 saturated heterocycles. The van der Waals surface area contributed by atoms with Crippen molar-refractivity contribution in [1.82, 2.24) is 14.7 Å². The van der Waals surface area contributed by atoms with E-state index in [1.165, 1.54) is 54.6 Å². The number of likely N-dealkylation sites (N-methyl/N-ethyl adjacent to an activating group) is 1. The van der Waals surface area contributed by atoms with Crippen molar-refractivity contribution in [3.63, 3.8) is 0 Å². The second-order valence-corrected chi connectivity index (χ2v) is 17.7. The molecule has 3 aliphatic heterocycles. The summed E-state index contributed by atoms with van der Waals surface area (Å²) in [5.74, 6) is 0. The van der Waals surface area contributed by atoms with Crippen LogP contribution in [0.1, 0.15) is 118 Å². The Morgan fingerprint density at radius 3 is 1.25 bits per heavy atom. The average Bonchev–Trinajstić information content (AvgIpc) is 3.08. The van der Waals surface area contributed by atoms with Crippen LogP contribution in [0.2, 0.25) is 0 Å². The van der Waals surface area contributed by atoms with Gasteiger partial charge in [0.1, 0.15) is 0 Å². The number of rotatable bonds is 9. The Morgan fingerprint density at radius 1 is 0.519 bits per heavy atom. The van der Waals surface area contributed by atoms with Crippen LogP contribution in [0.4, 0.5) is 0 Å². The summed E-state index contributed by atoms with van der Waals surface area (Å²) >= 11 is 0. The highest BCUT2D eigenvalue weighted by Crippen LogP contribution is 2.23. The van der Waals surface area contributed by atoms with Crippen molar-refractivity contribution in [2.45, 2.75) is 144 Å². The maximum absolute atomic E-state index is 5.76. The van der Waals surface area contributed by atoms with Crippen LogP contribution >= 0.6 is 0 Å². The van der Waals surface area contributed by atoms with Crippen LogP contribution in [0.25, 0.3) is 0 Å². The summed E-state index contributed by atoms with van der Waals surface area (Å²) in [5.41, 5.74) is 6.09. The minimum Gasteiger partial charge on any atom is -0.373 e. The quantitative estimate of drug-likeness (QED) is 0.241. The first-order valence-corrected chi connectivity index (χ1v) is 20.6. The van der Waals surface area contributed by atoms with Gasteiger partial charge in [0, 0.05) is 39.3 Å². The molecule has 5 rings (SSSR count). The summed E-state index contributed by atoms with van der Waals surface area (Å²) in [6.45, 7) is 34.5. The minimum absolute atomic E-state index is 0.234. The zero-order valence-corrected chi connectivity index (χ0v) is 35.3. The van der Waals surface area contributed by atoms with Crippen LogP contribution in [0, 0.1) is 0 Å². The average molecular weight is 716 g/mol. The summed E-state index contributed by atoms with van der Waals surface area (Å²) in [7, 11) is 0. The monoisotopic (exact) mass is 716 g/mol. The number of allylic oxidation sites excluding steroid dienone is 2. The molecular weight excluding hydrogens is 639 g/mol. The van der Waals surface area contributed by atoms with E-state index in [1.807, 2.05) is 0 Å². The van der Waals surface area contributed by atoms with E-state index in [-0.39, 0.29) is 10.8 Å². The van der Waals surface area contributed by atoms with E-state index in [4.69, 9.17) is 9.47 Å². The van der Waals surface area contributed by atoms with Gasteiger partial charge in [-0.25, -0.2) is 0 Å². The molecule has 4 unspecified atom stereocenters. The number of benzene rings is 2. The van der Waals surface area contributed by atoms with Crippen LogP contribution in [0.5, 0.6) is 0 Å². The molecule has 5 heteroatoms. The molecule has 0 bridgehead atoms. The largest absolute Gasteiger partial charge is 0.373 e. The Balaban J connectivity index is 0.000000224. The van der Waals surface area contributed by atoms with E-state index in [1.54, 1.807) is 0 Å². The Morgan fingerprint density at radius 2 is 0.885 bits per heavy atom. The lowest BCUT2D eigenvalue weighted by Crippen LogP contribution is -2.45. The second kappa shape index (κ2) is 22.2. The molecular formula is C47H77N3O2. The smallest absolute Gasteiger partial charge is 0.0678 e. The number of hydrogen-bond acceptors (Lipinski definition) is 5. The van der Waals surface area contributed by atoms with Gasteiger partial charge in [-0.05, 0) is 106 Å². The Bertz CT molecular complexity index is 1280. The molecule has 3 fully saturated rings. The molecule has 2 aromatic rings. The molecule has 0 N–H and O–H groups in total.